The average Bonchev–Trinajstić information content (AvgIpc) is 2.94. The number of thioether (sulfide) groups is 1. The molecule has 1 aromatic carbocycles. The molecule has 1 N–H and O–H groups in total. The monoisotopic (exact) mass is 354 g/mol. The van der Waals surface area contributed by atoms with Crippen LogP contribution in [0.5, 0.6) is 5.75 Å². The van der Waals surface area contributed by atoms with Crippen molar-refractivity contribution in [1.29, 1.82) is 0 Å². The summed E-state index contributed by atoms with van der Waals surface area (Å²) in [6.07, 6.45) is 5.18. The Kier molecular flexibility index (Phi) is 5.50. The number of aromatic nitrogens is 1. The van der Waals surface area contributed by atoms with E-state index in [4.69, 9.17) is 4.74 Å². The molecule has 2 heterocycles. The summed E-state index contributed by atoms with van der Waals surface area (Å²) in [6, 6.07) is 11.4. The van der Waals surface area contributed by atoms with Crippen molar-refractivity contribution in [3.63, 3.8) is 0 Å². The van der Waals surface area contributed by atoms with Gasteiger partial charge in [0.2, 0.25) is 5.12 Å². The zero-order chi connectivity index (χ0) is 17.6. The van der Waals surface area contributed by atoms with Crippen molar-refractivity contribution in [3.05, 3.63) is 65.1 Å². The molecule has 128 valence electrons. The summed E-state index contributed by atoms with van der Waals surface area (Å²) in [5, 5.41) is 1.93. The Bertz CT molecular complexity index is 816. The predicted octanol–water partition coefficient (Wildman–Crippen LogP) is 3.59. The molecular formula is C19H18N2O3S. The molecule has 6 heteroatoms. The molecule has 0 radical (unpaired) electrons. The van der Waals surface area contributed by atoms with Gasteiger partial charge in [0.1, 0.15) is 5.75 Å². The Morgan fingerprint density at radius 3 is 2.68 bits per heavy atom. The van der Waals surface area contributed by atoms with Gasteiger partial charge in [-0.2, -0.15) is 0 Å². The molecule has 1 fully saturated rings. The van der Waals surface area contributed by atoms with Gasteiger partial charge in [0.05, 0.1) is 12.3 Å². The lowest BCUT2D eigenvalue weighted by Gasteiger charge is -2.09. The number of carbonyl (C=O) groups is 2. The third kappa shape index (κ3) is 4.48. The minimum absolute atomic E-state index is 0.257. The van der Waals surface area contributed by atoms with Gasteiger partial charge in [-0.3, -0.25) is 14.6 Å². The Balaban J connectivity index is 1.57. The zero-order valence-electron chi connectivity index (χ0n) is 13.8. The van der Waals surface area contributed by atoms with Crippen molar-refractivity contribution in [1.82, 2.24) is 10.3 Å². The molecule has 0 saturated carbocycles. The van der Waals surface area contributed by atoms with Crippen LogP contribution in [0.3, 0.4) is 0 Å². The number of nitrogens with zero attached hydrogens (tertiary/aromatic N) is 1. The summed E-state index contributed by atoms with van der Waals surface area (Å²) in [4.78, 5) is 27.1. The smallest absolute Gasteiger partial charge is 0.291 e. The third-order valence-electron chi connectivity index (χ3n) is 3.81. The van der Waals surface area contributed by atoms with E-state index in [0.29, 0.717) is 24.1 Å². The fraction of sp³-hybridized carbons (Fsp3) is 0.211. The molecule has 25 heavy (non-hydrogen) atoms. The molecule has 3 rings (SSSR count). The number of benzene rings is 1. The van der Waals surface area contributed by atoms with E-state index >= 15 is 0 Å². The van der Waals surface area contributed by atoms with Crippen molar-refractivity contribution >= 4 is 28.2 Å². The maximum Gasteiger partial charge on any atom is 0.291 e. The van der Waals surface area contributed by atoms with E-state index in [1.165, 1.54) is 5.56 Å². The van der Waals surface area contributed by atoms with E-state index in [-0.39, 0.29) is 10.4 Å². The Hall–Kier alpha value is -2.60. The number of rotatable bonds is 6. The van der Waals surface area contributed by atoms with E-state index in [2.05, 4.69) is 23.3 Å². The number of pyridine rings is 1. The number of nitrogens with one attached hydrogen (secondary N) is 1. The van der Waals surface area contributed by atoms with Crippen LogP contribution in [0.25, 0.3) is 6.08 Å². The van der Waals surface area contributed by atoms with Gasteiger partial charge in [-0.1, -0.05) is 25.1 Å². The third-order valence-corrected chi connectivity index (χ3v) is 4.50. The highest BCUT2D eigenvalue weighted by Crippen LogP contribution is 2.21. The average molecular weight is 354 g/mol. The van der Waals surface area contributed by atoms with Crippen LogP contribution in [0, 0.1) is 0 Å². The lowest BCUT2D eigenvalue weighted by atomic mass is 10.1. The molecule has 1 aliphatic heterocycles. The van der Waals surface area contributed by atoms with E-state index < -0.39 is 0 Å². The summed E-state index contributed by atoms with van der Waals surface area (Å²) in [7, 11) is 0. The van der Waals surface area contributed by atoms with E-state index in [9.17, 15) is 9.59 Å². The lowest BCUT2D eigenvalue weighted by molar-refractivity contribution is -0.107. The van der Waals surface area contributed by atoms with Crippen molar-refractivity contribution in [2.75, 3.05) is 6.61 Å². The van der Waals surface area contributed by atoms with Crippen LogP contribution in [0.1, 0.15) is 23.7 Å². The lowest BCUT2D eigenvalue weighted by Crippen LogP contribution is -2.10. The van der Waals surface area contributed by atoms with Gasteiger partial charge in [-0.05, 0) is 41.8 Å². The zero-order valence-corrected chi connectivity index (χ0v) is 14.6. The summed E-state index contributed by atoms with van der Waals surface area (Å²) in [5.41, 5.74) is 3.45. The van der Waals surface area contributed by atoms with Crippen molar-refractivity contribution in [2.45, 2.75) is 19.8 Å². The summed E-state index contributed by atoms with van der Waals surface area (Å²) >= 11 is 0.675. The number of carbonyl (C=O) groups excluding carboxylic acids is 2. The topological polar surface area (TPSA) is 68.3 Å². The van der Waals surface area contributed by atoms with Gasteiger partial charge in [0, 0.05) is 30.1 Å². The highest BCUT2D eigenvalue weighted by Gasteiger charge is 2.25. The molecule has 5 nitrogen and oxygen atoms in total. The molecule has 1 aliphatic rings. The van der Waals surface area contributed by atoms with E-state index in [0.717, 1.165) is 29.8 Å². The first-order chi connectivity index (χ1) is 12.2. The Morgan fingerprint density at radius 1 is 1.20 bits per heavy atom. The molecule has 0 unspecified atom stereocenters. The maximum atomic E-state index is 11.6. The van der Waals surface area contributed by atoms with Crippen molar-refractivity contribution in [3.8, 4) is 5.75 Å². The highest BCUT2D eigenvalue weighted by atomic mass is 32.2. The number of aryl methyl sites for hydroxylation is 1. The molecule has 0 spiro atoms. The molecule has 0 aliphatic carbocycles. The van der Waals surface area contributed by atoms with Crippen LogP contribution in [0.2, 0.25) is 0 Å². The molecular weight excluding hydrogens is 336 g/mol. The first kappa shape index (κ1) is 17.2. The Labute approximate surface area is 150 Å². The SMILES string of the molecule is CCc1cccnc1CCOc1ccc(C=C2NC(=O)SC2=O)cc1. The normalized spacial score (nSPS) is 15.5. The van der Waals surface area contributed by atoms with Crippen molar-refractivity contribution in [2.24, 2.45) is 0 Å². The van der Waals surface area contributed by atoms with Gasteiger partial charge >= 0.3 is 0 Å². The molecule has 2 aromatic rings. The van der Waals surface area contributed by atoms with Crippen molar-refractivity contribution < 1.29 is 14.3 Å². The maximum absolute atomic E-state index is 11.6. The molecule has 1 saturated heterocycles. The minimum Gasteiger partial charge on any atom is -0.493 e. The second-order valence-electron chi connectivity index (χ2n) is 5.49. The predicted molar refractivity (Wildman–Crippen MR) is 98.4 cm³/mol. The molecule has 1 aromatic heterocycles. The van der Waals surface area contributed by atoms with Gasteiger partial charge < -0.3 is 10.1 Å². The quantitative estimate of drug-likeness (QED) is 0.803. The summed E-state index contributed by atoms with van der Waals surface area (Å²) in [5.74, 6) is 0.757. The Morgan fingerprint density at radius 2 is 2.00 bits per heavy atom. The van der Waals surface area contributed by atoms with Gasteiger partial charge in [0.15, 0.2) is 0 Å². The fourth-order valence-electron chi connectivity index (χ4n) is 2.53. The fourth-order valence-corrected chi connectivity index (χ4v) is 3.08. The molecule has 1 amide bonds. The van der Waals surface area contributed by atoms with Crippen LogP contribution in [0.4, 0.5) is 4.79 Å². The van der Waals surface area contributed by atoms with Gasteiger partial charge in [-0.25, -0.2) is 0 Å². The number of ether oxygens (including phenoxy) is 1. The molecule has 0 bridgehead atoms. The number of hydrogen-bond acceptors (Lipinski definition) is 5. The van der Waals surface area contributed by atoms with Crippen LogP contribution in [-0.4, -0.2) is 21.9 Å². The first-order valence-electron chi connectivity index (χ1n) is 8.06. The van der Waals surface area contributed by atoms with E-state index in [1.807, 2.05) is 30.3 Å². The number of amides is 1. The van der Waals surface area contributed by atoms with Crippen LogP contribution < -0.4 is 10.1 Å². The first-order valence-corrected chi connectivity index (χ1v) is 8.88. The molecule has 0 atom stereocenters. The standard InChI is InChI=1S/C19H18N2O3S/c1-2-14-4-3-10-20-16(14)9-11-24-15-7-5-13(6-8-15)12-17-18(22)25-19(23)21-17/h3-8,10,12H,2,9,11H2,1H3,(H,21,23). The summed E-state index contributed by atoms with van der Waals surface area (Å²) < 4.78 is 5.77. The highest BCUT2D eigenvalue weighted by molar-refractivity contribution is 8.27. The van der Waals surface area contributed by atoms with E-state index in [1.54, 1.807) is 12.3 Å². The minimum atomic E-state index is -0.336. The summed E-state index contributed by atoms with van der Waals surface area (Å²) in [6.45, 7) is 2.67. The van der Waals surface area contributed by atoms with Crippen LogP contribution in [0.15, 0.2) is 48.3 Å². The number of hydrogen-bond donors (Lipinski definition) is 1. The van der Waals surface area contributed by atoms with Gasteiger partial charge in [-0.15, -0.1) is 0 Å². The van der Waals surface area contributed by atoms with Gasteiger partial charge in [0.25, 0.3) is 5.24 Å². The van der Waals surface area contributed by atoms with Crippen LogP contribution >= 0.6 is 11.8 Å². The van der Waals surface area contributed by atoms with Crippen LogP contribution in [-0.2, 0) is 17.6 Å². The second-order valence-corrected chi connectivity index (χ2v) is 6.44. The largest absolute Gasteiger partial charge is 0.493 e. The second kappa shape index (κ2) is 7.98.